The molecule has 0 bridgehead atoms. The van der Waals surface area contributed by atoms with Gasteiger partial charge in [0.05, 0.1) is 13.2 Å². The number of hydrogen-bond acceptors (Lipinski definition) is 7. The predicted octanol–water partition coefficient (Wildman–Crippen LogP) is 1.97. The van der Waals surface area contributed by atoms with E-state index in [1.165, 1.54) is 20.8 Å². The smallest absolute Gasteiger partial charge is 0.458 e. The normalized spacial score (nSPS) is 24.2. The van der Waals surface area contributed by atoms with Gasteiger partial charge in [-0.15, -0.1) is 0 Å². The molecule has 8 nitrogen and oxygen atoms in total. The molecule has 0 aliphatic heterocycles. The first-order chi connectivity index (χ1) is 9.57. The summed E-state index contributed by atoms with van der Waals surface area (Å²) < 4.78 is 31.1. The quantitative estimate of drug-likeness (QED) is 0.465. The molecule has 1 N–H and O–H groups in total. The molecule has 0 aromatic rings. The summed E-state index contributed by atoms with van der Waals surface area (Å²) in [5, 5.41) is -1.64. The molecule has 1 unspecified atom stereocenters. The monoisotopic (exact) mass is 322 g/mol. The van der Waals surface area contributed by atoms with Crippen LogP contribution in [0.2, 0.25) is 0 Å². The average Bonchev–Trinajstić information content (AvgIpc) is 2.73. The number of ether oxygens (including phenoxy) is 3. The van der Waals surface area contributed by atoms with Crippen LogP contribution in [0.25, 0.3) is 0 Å². The molecule has 120 valence electrons. The van der Waals surface area contributed by atoms with Crippen LogP contribution in [0.4, 0.5) is 4.79 Å². The SMILES string of the molecule is COC(=O)OP(=O)(O)C(C)(C)O[C@@H]1C=C[C@H](OC(C)=O)C1. The predicted molar refractivity (Wildman–Crippen MR) is 71.6 cm³/mol. The fraction of sp³-hybridized carbons (Fsp3) is 0.667. The van der Waals surface area contributed by atoms with Crippen molar-refractivity contribution in [3.05, 3.63) is 12.2 Å². The second kappa shape index (κ2) is 6.60. The molecule has 1 rings (SSSR count). The standard InChI is InChI=1S/C12H19O8P/c1-8(13)18-9-5-6-10(7-9)19-12(2,3)21(15,16)20-11(14)17-4/h5-6,9-10H,7H2,1-4H3,(H,15,16)/t9-,10+/m0/s1. The molecular formula is C12H19O8P. The van der Waals surface area contributed by atoms with Gasteiger partial charge in [0.25, 0.3) is 0 Å². The maximum Gasteiger partial charge on any atom is 0.514 e. The summed E-state index contributed by atoms with van der Waals surface area (Å²) in [6.45, 7) is 3.94. The van der Waals surface area contributed by atoms with Gasteiger partial charge in [-0.3, -0.25) is 4.79 Å². The van der Waals surface area contributed by atoms with Gasteiger partial charge in [0.2, 0.25) is 0 Å². The summed E-state index contributed by atoms with van der Waals surface area (Å²) in [4.78, 5) is 31.6. The van der Waals surface area contributed by atoms with Crippen LogP contribution in [0.5, 0.6) is 0 Å². The molecule has 0 spiro atoms. The van der Waals surface area contributed by atoms with Crippen molar-refractivity contribution >= 4 is 19.7 Å². The number of hydrogen-bond donors (Lipinski definition) is 1. The zero-order valence-corrected chi connectivity index (χ0v) is 13.2. The highest BCUT2D eigenvalue weighted by Crippen LogP contribution is 2.56. The van der Waals surface area contributed by atoms with Gasteiger partial charge in [-0.05, 0) is 19.9 Å². The third-order valence-corrected chi connectivity index (χ3v) is 4.67. The highest BCUT2D eigenvalue weighted by Gasteiger charge is 2.47. The van der Waals surface area contributed by atoms with Gasteiger partial charge < -0.3 is 23.6 Å². The zero-order chi connectivity index (χ0) is 16.3. The Kier molecular flexibility index (Phi) is 5.55. The number of rotatable bonds is 5. The van der Waals surface area contributed by atoms with E-state index in [0.717, 1.165) is 7.11 Å². The van der Waals surface area contributed by atoms with E-state index in [1.54, 1.807) is 12.2 Å². The van der Waals surface area contributed by atoms with Crippen LogP contribution in [0, 0.1) is 0 Å². The molecule has 0 fully saturated rings. The van der Waals surface area contributed by atoms with Crippen LogP contribution < -0.4 is 0 Å². The van der Waals surface area contributed by atoms with E-state index in [2.05, 4.69) is 9.26 Å². The molecule has 0 aromatic heterocycles. The molecule has 0 aromatic carbocycles. The van der Waals surface area contributed by atoms with Crippen LogP contribution in [0.15, 0.2) is 12.2 Å². The van der Waals surface area contributed by atoms with E-state index in [0.29, 0.717) is 6.42 Å². The van der Waals surface area contributed by atoms with E-state index in [9.17, 15) is 19.0 Å². The summed E-state index contributed by atoms with van der Waals surface area (Å²) in [6.07, 6.45) is 1.33. The third-order valence-electron chi connectivity index (χ3n) is 2.81. The van der Waals surface area contributed by atoms with Crippen LogP contribution in [0.3, 0.4) is 0 Å². The maximum absolute atomic E-state index is 12.1. The summed E-state index contributed by atoms with van der Waals surface area (Å²) in [6, 6.07) is 0. The Morgan fingerprint density at radius 3 is 2.38 bits per heavy atom. The van der Waals surface area contributed by atoms with Gasteiger partial charge in [0.15, 0.2) is 5.34 Å². The van der Waals surface area contributed by atoms with E-state index in [-0.39, 0.29) is 0 Å². The number of carbonyl (C=O) groups excluding carboxylic acids is 2. The van der Waals surface area contributed by atoms with E-state index in [4.69, 9.17) is 9.47 Å². The molecule has 9 heteroatoms. The molecule has 0 saturated heterocycles. The minimum Gasteiger partial charge on any atom is -0.458 e. The van der Waals surface area contributed by atoms with Gasteiger partial charge in [-0.2, -0.15) is 0 Å². The summed E-state index contributed by atoms with van der Waals surface area (Å²) >= 11 is 0. The van der Waals surface area contributed by atoms with Gasteiger partial charge in [-0.25, -0.2) is 9.36 Å². The first-order valence-corrected chi connectivity index (χ1v) is 7.79. The van der Waals surface area contributed by atoms with Crippen LogP contribution in [-0.2, 0) is 28.1 Å². The van der Waals surface area contributed by atoms with E-state index >= 15 is 0 Å². The molecule has 0 amide bonds. The molecule has 0 radical (unpaired) electrons. The molecule has 1 aliphatic carbocycles. The maximum atomic E-state index is 12.1. The lowest BCUT2D eigenvalue weighted by Gasteiger charge is -2.31. The Bertz CT molecular complexity index is 484. The van der Waals surface area contributed by atoms with Crippen molar-refractivity contribution in [3.8, 4) is 0 Å². The Morgan fingerprint density at radius 1 is 1.29 bits per heavy atom. The largest absolute Gasteiger partial charge is 0.514 e. The van der Waals surface area contributed by atoms with Gasteiger partial charge in [-0.1, -0.05) is 6.08 Å². The first-order valence-electron chi connectivity index (χ1n) is 6.21. The summed E-state index contributed by atoms with van der Waals surface area (Å²) in [5.41, 5.74) is 0. The van der Waals surface area contributed by atoms with Crippen molar-refractivity contribution in [3.63, 3.8) is 0 Å². The van der Waals surface area contributed by atoms with Crippen LogP contribution in [-0.4, -0.2) is 41.7 Å². The highest BCUT2D eigenvalue weighted by molar-refractivity contribution is 7.54. The zero-order valence-electron chi connectivity index (χ0n) is 12.3. The lowest BCUT2D eigenvalue weighted by Crippen LogP contribution is -2.31. The minimum absolute atomic E-state index is 0.321. The lowest BCUT2D eigenvalue weighted by atomic mass is 10.2. The third kappa shape index (κ3) is 4.84. The van der Waals surface area contributed by atoms with Crippen molar-refractivity contribution in [1.82, 2.24) is 0 Å². The van der Waals surface area contributed by atoms with Crippen LogP contribution >= 0.6 is 7.60 Å². The molecule has 3 atom stereocenters. The van der Waals surface area contributed by atoms with E-state index < -0.39 is 37.3 Å². The van der Waals surface area contributed by atoms with Crippen molar-refractivity contribution in [2.45, 2.75) is 44.7 Å². The summed E-state index contributed by atoms with van der Waals surface area (Å²) in [5.74, 6) is -0.425. The van der Waals surface area contributed by atoms with Crippen molar-refractivity contribution < 1.29 is 37.8 Å². The van der Waals surface area contributed by atoms with E-state index in [1.807, 2.05) is 0 Å². The van der Waals surface area contributed by atoms with Gasteiger partial charge in [0.1, 0.15) is 6.10 Å². The topological polar surface area (TPSA) is 108 Å². The fourth-order valence-corrected chi connectivity index (χ4v) is 2.47. The number of carbonyl (C=O) groups is 2. The highest BCUT2D eigenvalue weighted by atomic mass is 31.2. The lowest BCUT2D eigenvalue weighted by molar-refractivity contribution is -0.145. The average molecular weight is 322 g/mol. The van der Waals surface area contributed by atoms with Gasteiger partial charge in [0, 0.05) is 13.3 Å². The Labute approximate surface area is 122 Å². The fourth-order valence-electron chi connectivity index (χ4n) is 1.71. The Balaban J connectivity index is 2.65. The second-order valence-electron chi connectivity index (χ2n) is 4.94. The second-order valence-corrected chi connectivity index (χ2v) is 7.24. The number of methoxy groups -OCH3 is 1. The molecule has 0 heterocycles. The Hall–Kier alpha value is -1.37. The van der Waals surface area contributed by atoms with Crippen molar-refractivity contribution in [2.75, 3.05) is 7.11 Å². The Morgan fingerprint density at radius 2 is 1.86 bits per heavy atom. The minimum atomic E-state index is -4.41. The first kappa shape index (κ1) is 17.7. The number of esters is 1. The van der Waals surface area contributed by atoms with Crippen molar-refractivity contribution in [1.29, 1.82) is 0 Å². The summed E-state index contributed by atoms with van der Waals surface area (Å²) in [7, 11) is -3.38. The molecule has 0 saturated carbocycles. The van der Waals surface area contributed by atoms with Crippen LogP contribution in [0.1, 0.15) is 27.2 Å². The molecule has 21 heavy (non-hydrogen) atoms. The van der Waals surface area contributed by atoms with Gasteiger partial charge >= 0.3 is 19.7 Å². The molecular weight excluding hydrogens is 303 g/mol. The molecule has 1 aliphatic rings. The van der Waals surface area contributed by atoms with Crippen molar-refractivity contribution in [2.24, 2.45) is 0 Å².